The van der Waals surface area contributed by atoms with Crippen LogP contribution < -0.4 is 15.4 Å². The second kappa shape index (κ2) is 8.76. The lowest BCUT2D eigenvalue weighted by molar-refractivity contribution is 0.0958. The van der Waals surface area contributed by atoms with E-state index in [1.165, 1.54) is 12.8 Å². The van der Waals surface area contributed by atoms with Crippen LogP contribution in [0.15, 0.2) is 66.9 Å². The van der Waals surface area contributed by atoms with Gasteiger partial charge in [0.15, 0.2) is 0 Å². The summed E-state index contributed by atoms with van der Waals surface area (Å²) in [5.74, 6) is 2.04. The van der Waals surface area contributed by atoms with Gasteiger partial charge >= 0.3 is 0 Å². The lowest BCUT2D eigenvalue weighted by Gasteiger charge is -2.09. The average Bonchev–Trinajstić information content (AvgIpc) is 3.60. The van der Waals surface area contributed by atoms with Crippen LogP contribution in [0.25, 0.3) is 11.3 Å². The second-order valence-electron chi connectivity index (χ2n) is 7.42. The normalized spacial score (nSPS) is 12.9. The zero-order chi connectivity index (χ0) is 21.9. The summed E-state index contributed by atoms with van der Waals surface area (Å²) < 4.78 is 6.27. The lowest BCUT2D eigenvalue weighted by atomic mass is 10.2. The Hall–Kier alpha value is -3.78. The molecule has 1 aromatic carbocycles. The first-order valence-corrected chi connectivity index (χ1v) is 11.2. The average molecular weight is 444 g/mol. The van der Waals surface area contributed by atoms with Crippen molar-refractivity contribution < 1.29 is 9.53 Å². The Kier molecular flexibility index (Phi) is 5.51. The maximum atomic E-state index is 11.8. The molecule has 8 heteroatoms. The second-order valence-corrected chi connectivity index (χ2v) is 8.41. The van der Waals surface area contributed by atoms with Crippen LogP contribution in [0.4, 0.5) is 11.6 Å². The predicted molar refractivity (Wildman–Crippen MR) is 125 cm³/mol. The molecule has 0 radical (unpaired) electrons. The van der Waals surface area contributed by atoms with E-state index in [4.69, 9.17) is 9.72 Å². The van der Waals surface area contributed by atoms with Gasteiger partial charge in [-0.15, -0.1) is 0 Å². The molecule has 1 saturated carbocycles. The minimum Gasteiger partial charge on any atom is -0.444 e. The molecule has 1 aliphatic carbocycles. The summed E-state index contributed by atoms with van der Waals surface area (Å²) in [6.07, 6.45) is 4.05. The van der Waals surface area contributed by atoms with Crippen molar-refractivity contribution in [3.8, 4) is 22.1 Å². The molecule has 0 atom stereocenters. The number of pyridine rings is 2. The number of hydrogen-bond donors (Lipinski definition) is 2. The summed E-state index contributed by atoms with van der Waals surface area (Å²) in [7, 11) is 1.57. The van der Waals surface area contributed by atoms with E-state index in [0.29, 0.717) is 29.0 Å². The van der Waals surface area contributed by atoms with E-state index in [0.717, 1.165) is 21.3 Å². The van der Waals surface area contributed by atoms with Gasteiger partial charge in [-0.2, -0.15) is 0 Å². The molecule has 0 spiro atoms. The first kappa shape index (κ1) is 20.1. The van der Waals surface area contributed by atoms with Gasteiger partial charge in [-0.05, 0) is 31.0 Å². The molecule has 5 rings (SSSR count). The molecule has 4 aromatic rings. The maximum absolute atomic E-state index is 11.8. The Bertz CT molecular complexity index is 1250. The topological polar surface area (TPSA) is 89.0 Å². The molecule has 0 aliphatic heterocycles. The van der Waals surface area contributed by atoms with Crippen molar-refractivity contribution in [2.24, 2.45) is 0 Å². The molecule has 0 saturated heterocycles. The van der Waals surface area contributed by atoms with Crippen LogP contribution in [0.2, 0.25) is 0 Å². The number of anilines is 2. The summed E-state index contributed by atoms with van der Waals surface area (Å²) in [4.78, 5) is 25.4. The number of hydrogen-bond acceptors (Lipinski definition) is 7. The Labute approximate surface area is 189 Å². The molecule has 3 aromatic heterocycles. The van der Waals surface area contributed by atoms with Crippen LogP contribution >= 0.6 is 11.3 Å². The van der Waals surface area contributed by atoms with Gasteiger partial charge in [0.1, 0.15) is 33.8 Å². The van der Waals surface area contributed by atoms with E-state index >= 15 is 0 Å². The van der Waals surface area contributed by atoms with Crippen LogP contribution in [-0.2, 0) is 0 Å². The molecule has 160 valence electrons. The third-order valence-electron chi connectivity index (χ3n) is 4.99. The van der Waals surface area contributed by atoms with Gasteiger partial charge in [0, 0.05) is 30.8 Å². The fourth-order valence-electron chi connectivity index (χ4n) is 3.21. The van der Waals surface area contributed by atoms with Crippen molar-refractivity contribution in [1.82, 2.24) is 20.3 Å². The van der Waals surface area contributed by atoms with Crippen LogP contribution in [0.3, 0.4) is 0 Å². The minimum atomic E-state index is -0.246. The number of aromatic nitrogens is 3. The van der Waals surface area contributed by atoms with Gasteiger partial charge in [0.2, 0.25) is 5.06 Å². The highest BCUT2D eigenvalue weighted by atomic mass is 32.1. The highest BCUT2D eigenvalue weighted by Crippen LogP contribution is 2.48. The fraction of sp³-hybridized carbons (Fsp3) is 0.167. The van der Waals surface area contributed by atoms with Gasteiger partial charge in [0.25, 0.3) is 5.91 Å². The molecule has 1 amide bonds. The number of thiazole rings is 1. The van der Waals surface area contributed by atoms with E-state index in [9.17, 15) is 4.79 Å². The number of ether oxygens (including phenoxy) is 1. The van der Waals surface area contributed by atoms with Gasteiger partial charge in [-0.3, -0.25) is 4.79 Å². The molecule has 0 bridgehead atoms. The molecule has 1 fully saturated rings. The highest BCUT2D eigenvalue weighted by Gasteiger charge is 2.29. The number of nitrogens with zero attached hydrogens (tertiary/aromatic N) is 3. The first-order valence-electron chi connectivity index (χ1n) is 10.4. The molecular weight excluding hydrogens is 422 g/mol. The first-order chi connectivity index (χ1) is 15.7. The predicted octanol–water partition coefficient (Wildman–Crippen LogP) is 5.37. The zero-order valence-corrected chi connectivity index (χ0v) is 18.2. The number of carbonyl (C=O) groups excluding carboxylic acids is 1. The number of carbonyl (C=O) groups is 1. The van der Waals surface area contributed by atoms with Crippen molar-refractivity contribution in [1.29, 1.82) is 0 Å². The third kappa shape index (κ3) is 4.45. The molecule has 2 N–H and O–H groups in total. The maximum Gasteiger partial charge on any atom is 0.269 e. The molecule has 3 heterocycles. The van der Waals surface area contributed by atoms with Crippen LogP contribution in [0.5, 0.6) is 10.8 Å². The summed E-state index contributed by atoms with van der Waals surface area (Å²) >= 11 is 1.61. The number of amides is 1. The fourth-order valence-corrected chi connectivity index (χ4v) is 4.34. The number of rotatable bonds is 7. The van der Waals surface area contributed by atoms with Crippen molar-refractivity contribution in [3.05, 3.63) is 77.6 Å². The van der Waals surface area contributed by atoms with Gasteiger partial charge in [-0.25, -0.2) is 15.0 Å². The third-order valence-corrected chi connectivity index (χ3v) is 6.09. The molecular formula is C24H21N5O2S. The van der Waals surface area contributed by atoms with Crippen molar-refractivity contribution in [3.63, 3.8) is 0 Å². The SMILES string of the molecule is CNC(=O)c1cccc(Nc2cc(Oc3sc(C4CC4)nc3-c3ccccc3)ccn2)n1. The van der Waals surface area contributed by atoms with E-state index in [1.54, 1.807) is 48.8 Å². The molecule has 1 aliphatic rings. The van der Waals surface area contributed by atoms with E-state index in [-0.39, 0.29) is 5.91 Å². The zero-order valence-electron chi connectivity index (χ0n) is 17.4. The van der Waals surface area contributed by atoms with Gasteiger partial charge in [0.05, 0.1) is 0 Å². The van der Waals surface area contributed by atoms with Crippen molar-refractivity contribution in [2.45, 2.75) is 18.8 Å². The Morgan fingerprint density at radius 3 is 2.66 bits per heavy atom. The number of nitrogens with one attached hydrogen (secondary N) is 2. The summed E-state index contributed by atoms with van der Waals surface area (Å²) in [5, 5.41) is 7.61. The summed E-state index contributed by atoms with van der Waals surface area (Å²) in [5.41, 5.74) is 2.23. The summed E-state index contributed by atoms with van der Waals surface area (Å²) in [6, 6.07) is 18.9. The van der Waals surface area contributed by atoms with Crippen LogP contribution in [0.1, 0.15) is 34.3 Å². The monoisotopic (exact) mass is 443 g/mol. The van der Waals surface area contributed by atoms with Gasteiger partial charge in [-0.1, -0.05) is 47.7 Å². The molecule has 7 nitrogen and oxygen atoms in total. The van der Waals surface area contributed by atoms with Crippen LogP contribution in [-0.4, -0.2) is 27.9 Å². The standard InChI is InChI=1S/C24H21N5O2S/c1-25-22(30)18-8-5-9-19(27-18)28-20-14-17(12-13-26-20)31-24-21(15-6-3-2-4-7-15)29-23(32-24)16-10-11-16/h2-9,12-14,16H,10-11H2,1H3,(H,25,30)(H,26,27,28). The summed E-state index contributed by atoms with van der Waals surface area (Å²) in [6.45, 7) is 0. The van der Waals surface area contributed by atoms with Crippen LogP contribution in [0, 0.1) is 0 Å². The molecule has 32 heavy (non-hydrogen) atoms. The highest BCUT2D eigenvalue weighted by molar-refractivity contribution is 7.14. The Morgan fingerprint density at radius 2 is 1.88 bits per heavy atom. The Balaban J connectivity index is 1.40. The van der Waals surface area contributed by atoms with E-state index in [1.807, 2.05) is 36.4 Å². The quantitative estimate of drug-likeness (QED) is 0.399. The van der Waals surface area contributed by atoms with Crippen molar-refractivity contribution in [2.75, 3.05) is 12.4 Å². The molecule has 0 unspecified atom stereocenters. The van der Waals surface area contributed by atoms with Crippen molar-refractivity contribution >= 4 is 28.9 Å². The lowest BCUT2D eigenvalue weighted by Crippen LogP contribution is -2.19. The smallest absolute Gasteiger partial charge is 0.269 e. The van der Waals surface area contributed by atoms with E-state index in [2.05, 4.69) is 20.6 Å². The Morgan fingerprint density at radius 1 is 1.03 bits per heavy atom. The number of benzene rings is 1. The largest absolute Gasteiger partial charge is 0.444 e. The minimum absolute atomic E-state index is 0.246. The van der Waals surface area contributed by atoms with Gasteiger partial charge < -0.3 is 15.4 Å². The van der Waals surface area contributed by atoms with E-state index < -0.39 is 0 Å².